The quantitative estimate of drug-likeness (QED) is 0.461. The number of nitriles is 1. The van der Waals surface area contributed by atoms with Crippen LogP contribution in [0.5, 0.6) is 5.75 Å². The molecule has 1 amide bonds. The van der Waals surface area contributed by atoms with Crippen LogP contribution < -0.4 is 4.74 Å². The van der Waals surface area contributed by atoms with Gasteiger partial charge in [0.25, 0.3) is 5.91 Å². The van der Waals surface area contributed by atoms with Crippen LogP contribution in [0, 0.1) is 11.3 Å². The highest BCUT2D eigenvalue weighted by Gasteiger charge is 2.50. The summed E-state index contributed by atoms with van der Waals surface area (Å²) in [4.78, 5) is 26.5. The van der Waals surface area contributed by atoms with Crippen molar-refractivity contribution in [2.24, 2.45) is 0 Å². The van der Waals surface area contributed by atoms with E-state index in [-0.39, 0.29) is 12.5 Å². The first-order chi connectivity index (χ1) is 14.8. The van der Waals surface area contributed by atoms with E-state index in [9.17, 15) is 14.9 Å². The van der Waals surface area contributed by atoms with Gasteiger partial charge in [0.05, 0.1) is 24.8 Å². The Morgan fingerprint density at radius 2 is 2.10 bits per heavy atom. The monoisotopic (exact) mass is 426 g/mol. The molecular weight excluding hydrogens is 396 g/mol. The van der Waals surface area contributed by atoms with Gasteiger partial charge in [-0.15, -0.1) is 0 Å². The van der Waals surface area contributed by atoms with E-state index in [1.54, 1.807) is 23.1 Å². The third kappa shape index (κ3) is 5.01. The zero-order chi connectivity index (χ0) is 22.6. The number of esters is 1. The molecule has 3 rings (SSSR count). The maximum absolute atomic E-state index is 12.9. The molecule has 0 N–H and O–H groups in total. The Morgan fingerprint density at radius 3 is 2.77 bits per heavy atom. The van der Waals surface area contributed by atoms with Crippen LogP contribution in [0.3, 0.4) is 0 Å². The van der Waals surface area contributed by atoms with Crippen LogP contribution in [0.4, 0.5) is 0 Å². The fourth-order valence-corrected chi connectivity index (χ4v) is 4.11. The molecule has 0 fully saturated rings. The summed E-state index contributed by atoms with van der Waals surface area (Å²) in [6.45, 7) is 7.99. The first-order valence-electron chi connectivity index (χ1n) is 10.8. The summed E-state index contributed by atoms with van der Waals surface area (Å²) in [5.74, 6) is 0.500. The summed E-state index contributed by atoms with van der Waals surface area (Å²) in [5.41, 5.74) is 0.220. The van der Waals surface area contributed by atoms with E-state index in [2.05, 4.69) is 13.0 Å². The molecule has 0 aromatic heterocycles. The molecule has 166 valence electrons. The molecule has 2 aliphatic heterocycles. The summed E-state index contributed by atoms with van der Waals surface area (Å²) in [5, 5.41) is 9.37. The van der Waals surface area contributed by atoms with Crippen LogP contribution in [-0.4, -0.2) is 41.6 Å². The highest BCUT2D eigenvalue weighted by molar-refractivity contribution is 5.91. The van der Waals surface area contributed by atoms with Gasteiger partial charge in [0.15, 0.2) is 6.10 Å². The molecule has 0 saturated heterocycles. The van der Waals surface area contributed by atoms with Crippen molar-refractivity contribution in [1.29, 1.82) is 5.26 Å². The topological polar surface area (TPSA) is 88.9 Å². The number of hydrogen-bond acceptors (Lipinski definition) is 6. The lowest BCUT2D eigenvalue weighted by atomic mass is 9.84. The Balaban J connectivity index is 1.88. The highest BCUT2D eigenvalue weighted by Crippen LogP contribution is 2.45. The van der Waals surface area contributed by atoms with Crippen LogP contribution >= 0.6 is 0 Å². The average molecular weight is 427 g/mol. The molecule has 31 heavy (non-hydrogen) atoms. The van der Waals surface area contributed by atoms with Gasteiger partial charge in [-0.25, -0.2) is 0 Å². The summed E-state index contributed by atoms with van der Waals surface area (Å²) in [6.07, 6.45) is 5.10. The number of hydrogen-bond donors (Lipinski definition) is 0. The summed E-state index contributed by atoms with van der Waals surface area (Å²) in [6, 6.07) is 6.63. The van der Waals surface area contributed by atoms with Crippen molar-refractivity contribution in [3.8, 4) is 11.8 Å². The number of carbonyl (C=O) groups excluding carboxylic acids is 2. The lowest BCUT2D eigenvalue weighted by Gasteiger charge is -2.46. The third-order valence-corrected chi connectivity index (χ3v) is 5.61. The third-order valence-electron chi connectivity index (χ3n) is 5.61. The minimum absolute atomic E-state index is 0.211. The number of carbonyl (C=O) groups is 2. The Hall–Kier alpha value is -3.01. The predicted octanol–water partition coefficient (Wildman–Crippen LogP) is 4.03. The van der Waals surface area contributed by atoms with Gasteiger partial charge >= 0.3 is 5.97 Å². The zero-order valence-electron chi connectivity index (χ0n) is 18.6. The van der Waals surface area contributed by atoms with Gasteiger partial charge < -0.3 is 19.1 Å². The van der Waals surface area contributed by atoms with E-state index in [0.717, 1.165) is 25.7 Å². The van der Waals surface area contributed by atoms with E-state index >= 15 is 0 Å². The maximum atomic E-state index is 12.9. The van der Waals surface area contributed by atoms with Crippen molar-refractivity contribution in [2.45, 2.75) is 71.1 Å². The Labute approximate surface area is 183 Å². The molecule has 1 aromatic rings. The van der Waals surface area contributed by atoms with Crippen LogP contribution in [0.15, 0.2) is 30.0 Å². The largest absolute Gasteiger partial charge is 0.496 e. The predicted molar refractivity (Wildman–Crippen MR) is 114 cm³/mol. The van der Waals surface area contributed by atoms with Gasteiger partial charge in [-0.1, -0.05) is 26.2 Å². The van der Waals surface area contributed by atoms with Crippen molar-refractivity contribution in [2.75, 3.05) is 13.2 Å². The fraction of sp³-hybridized carbons (Fsp3) is 0.542. The molecule has 2 heterocycles. The Morgan fingerprint density at radius 1 is 1.32 bits per heavy atom. The summed E-state index contributed by atoms with van der Waals surface area (Å²) in [7, 11) is 0. The molecule has 7 nitrogen and oxygen atoms in total. The zero-order valence-corrected chi connectivity index (χ0v) is 18.6. The molecule has 7 heteroatoms. The van der Waals surface area contributed by atoms with Crippen molar-refractivity contribution in [1.82, 2.24) is 4.90 Å². The minimum Gasteiger partial charge on any atom is -0.496 e. The number of amides is 1. The van der Waals surface area contributed by atoms with Gasteiger partial charge in [-0.05, 0) is 38.5 Å². The SMILES string of the molecule is CCCCCCOC1=CC(=O)N([C@H]2c3cc(C#N)ccc3OC(C)(C)[C@@H]2OC(C)=O)C1. The smallest absolute Gasteiger partial charge is 0.303 e. The molecule has 2 aliphatic rings. The van der Waals surface area contributed by atoms with Gasteiger partial charge in [-0.2, -0.15) is 5.26 Å². The Bertz CT molecular complexity index is 915. The normalized spacial score (nSPS) is 21.6. The second-order valence-electron chi connectivity index (χ2n) is 8.53. The van der Waals surface area contributed by atoms with Crippen molar-refractivity contribution < 1.29 is 23.8 Å². The fourth-order valence-electron chi connectivity index (χ4n) is 4.11. The van der Waals surface area contributed by atoms with Gasteiger partial charge in [-0.3, -0.25) is 9.59 Å². The molecule has 0 unspecified atom stereocenters. The number of fused-ring (bicyclic) bond motifs is 1. The molecule has 0 aliphatic carbocycles. The Kier molecular flexibility index (Phi) is 6.89. The number of ether oxygens (including phenoxy) is 3. The highest BCUT2D eigenvalue weighted by atomic mass is 16.6. The lowest BCUT2D eigenvalue weighted by molar-refractivity contribution is -0.171. The van der Waals surface area contributed by atoms with Crippen molar-refractivity contribution in [3.63, 3.8) is 0 Å². The second-order valence-corrected chi connectivity index (χ2v) is 8.53. The summed E-state index contributed by atoms with van der Waals surface area (Å²) >= 11 is 0. The van der Waals surface area contributed by atoms with Gasteiger partial charge in [0, 0.05) is 18.6 Å². The molecular formula is C24H30N2O5. The van der Waals surface area contributed by atoms with Crippen molar-refractivity contribution in [3.05, 3.63) is 41.2 Å². The number of benzene rings is 1. The van der Waals surface area contributed by atoms with Crippen LogP contribution in [0.1, 0.15) is 70.5 Å². The molecule has 1 aromatic carbocycles. The lowest BCUT2D eigenvalue weighted by Crippen LogP contribution is -2.55. The second kappa shape index (κ2) is 9.42. The first kappa shape index (κ1) is 22.7. The van der Waals surface area contributed by atoms with Crippen LogP contribution in [0.25, 0.3) is 0 Å². The van der Waals surface area contributed by atoms with Crippen LogP contribution in [0.2, 0.25) is 0 Å². The molecule has 0 radical (unpaired) electrons. The van der Waals surface area contributed by atoms with E-state index in [1.807, 2.05) is 13.8 Å². The number of rotatable bonds is 8. The standard InChI is InChI=1S/C24H30N2O5/c1-5-6-7-8-11-29-18-13-21(28)26(15-18)22-19-12-17(14-25)9-10-20(19)31-24(3,4)23(22)30-16(2)27/h9-10,12-13,22-23H,5-8,11,15H2,1-4H3/t22-,23+/m0/s1. The molecule has 2 atom stereocenters. The van der Waals surface area contributed by atoms with E-state index in [1.165, 1.54) is 13.0 Å². The summed E-state index contributed by atoms with van der Waals surface area (Å²) < 4.78 is 17.6. The van der Waals surface area contributed by atoms with E-state index in [0.29, 0.717) is 29.2 Å². The number of nitrogens with zero attached hydrogens (tertiary/aromatic N) is 2. The van der Waals surface area contributed by atoms with Crippen molar-refractivity contribution >= 4 is 11.9 Å². The van der Waals surface area contributed by atoms with E-state index < -0.39 is 23.7 Å². The van der Waals surface area contributed by atoms with Gasteiger partial charge in [0.1, 0.15) is 23.2 Å². The molecule has 0 bridgehead atoms. The maximum Gasteiger partial charge on any atom is 0.303 e. The number of unbranched alkanes of at least 4 members (excludes halogenated alkanes) is 3. The van der Waals surface area contributed by atoms with Crippen LogP contribution in [-0.2, 0) is 19.1 Å². The molecule has 0 spiro atoms. The molecule has 0 saturated carbocycles. The average Bonchev–Trinajstić information content (AvgIpc) is 3.07. The van der Waals surface area contributed by atoms with E-state index in [4.69, 9.17) is 14.2 Å². The van der Waals surface area contributed by atoms with Gasteiger partial charge in [0.2, 0.25) is 0 Å². The minimum atomic E-state index is -0.873. The first-order valence-corrected chi connectivity index (χ1v) is 10.8.